The molecule has 1 aliphatic carbocycles. The molecule has 0 spiro atoms. The van der Waals surface area contributed by atoms with Gasteiger partial charge in [-0.05, 0) is 32.6 Å². The summed E-state index contributed by atoms with van der Waals surface area (Å²) in [7, 11) is 0. The molecule has 0 unspecified atom stereocenters. The van der Waals surface area contributed by atoms with E-state index in [0.717, 1.165) is 29.3 Å². The first-order valence-corrected chi connectivity index (χ1v) is 7.42. The first-order chi connectivity index (χ1) is 9.87. The van der Waals surface area contributed by atoms with E-state index in [9.17, 15) is 14.9 Å². The smallest absolute Gasteiger partial charge is 0.294 e. The molecule has 1 fully saturated rings. The highest BCUT2D eigenvalue weighted by molar-refractivity contribution is 7.99. The second kappa shape index (κ2) is 5.73. The van der Waals surface area contributed by atoms with Crippen LogP contribution in [-0.2, 0) is 4.79 Å². The molecule has 0 aliphatic heterocycles. The van der Waals surface area contributed by atoms with Gasteiger partial charge in [0.05, 0.1) is 11.8 Å². The Hall–Kier alpha value is -2.08. The first kappa shape index (κ1) is 15.3. The average Bonchev–Trinajstić information content (AvgIpc) is 3.29. The molecule has 1 atom stereocenters. The zero-order valence-corrected chi connectivity index (χ0v) is 12.6. The third kappa shape index (κ3) is 3.33. The van der Waals surface area contributed by atoms with Crippen LogP contribution in [0.4, 0.5) is 0 Å². The standard InChI is InChI=1S/C12H16N6O2S/c1-7-10(20)18(14)11(17-16-7)21-5-9(19)15-12(2,6-13)8-3-4-8/h8H,3-5,14H2,1-2H3,(H,15,19)/t12-/m0/s1. The van der Waals surface area contributed by atoms with Crippen LogP contribution in [0.2, 0.25) is 0 Å². The number of thioether (sulfide) groups is 1. The van der Waals surface area contributed by atoms with Crippen LogP contribution in [0, 0.1) is 24.2 Å². The lowest BCUT2D eigenvalue weighted by Gasteiger charge is -2.22. The largest absolute Gasteiger partial charge is 0.337 e. The fraction of sp³-hybridized carbons (Fsp3) is 0.583. The van der Waals surface area contributed by atoms with Crippen molar-refractivity contribution < 1.29 is 4.79 Å². The molecule has 1 aliphatic rings. The third-order valence-electron chi connectivity index (χ3n) is 3.38. The molecular formula is C12H16N6O2S. The number of aryl methyl sites for hydroxylation is 1. The van der Waals surface area contributed by atoms with Gasteiger partial charge in [0.15, 0.2) is 0 Å². The minimum Gasteiger partial charge on any atom is -0.337 e. The highest BCUT2D eigenvalue weighted by Gasteiger charge is 2.42. The number of hydrogen-bond acceptors (Lipinski definition) is 7. The Kier molecular flexibility index (Phi) is 4.18. The second-order valence-corrected chi connectivity index (χ2v) is 6.11. The van der Waals surface area contributed by atoms with Gasteiger partial charge >= 0.3 is 0 Å². The number of rotatable bonds is 5. The van der Waals surface area contributed by atoms with Crippen LogP contribution >= 0.6 is 11.8 Å². The second-order valence-electron chi connectivity index (χ2n) is 5.17. The Labute approximate surface area is 125 Å². The van der Waals surface area contributed by atoms with Gasteiger partial charge in [-0.2, -0.15) is 9.94 Å². The summed E-state index contributed by atoms with van der Waals surface area (Å²) in [6, 6.07) is 2.15. The summed E-state index contributed by atoms with van der Waals surface area (Å²) in [6.07, 6.45) is 1.90. The first-order valence-electron chi connectivity index (χ1n) is 6.44. The van der Waals surface area contributed by atoms with Crippen molar-refractivity contribution >= 4 is 17.7 Å². The molecule has 0 bridgehead atoms. The predicted molar refractivity (Wildman–Crippen MR) is 76.8 cm³/mol. The molecule has 1 amide bonds. The number of amides is 1. The Bertz CT molecular complexity index is 663. The van der Waals surface area contributed by atoms with E-state index in [4.69, 9.17) is 5.84 Å². The van der Waals surface area contributed by atoms with E-state index < -0.39 is 11.1 Å². The van der Waals surface area contributed by atoms with Crippen molar-refractivity contribution in [3.63, 3.8) is 0 Å². The van der Waals surface area contributed by atoms with Gasteiger partial charge in [0, 0.05) is 0 Å². The number of nitriles is 1. The van der Waals surface area contributed by atoms with Crippen molar-refractivity contribution in [2.75, 3.05) is 11.6 Å². The molecule has 21 heavy (non-hydrogen) atoms. The summed E-state index contributed by atoms with van der Waals surface area (Å²) in [5.74, 6) is 5.50. The predicted octanol–water partition coefficient (Wildman–Crippen LogP) is -0.439. The molecule has 0 saturated heterocycles. The number of aromatic nitrogens is 3. The molecule has 1 saturated carbocycles. The molecular weight excluding hydrogens is 292 g/mol. The average molecular weight is 308 g/mol. The topological polar surface area (TPSA) is 127 Å². The lowest BCUT2D eigenvalue weighted by molar-refractivity contribution is -0.119. The molecule has 112 valence electrons. The summed E-state index contributed by atoms with van der Waals surface area (Å²) in [4.78, 5) is 23.5. The van der Waals surface area contributed by atoms with Crippen LogP contribution < -0.4 is 16.7 Å². The van der Waals surface area contributed by atoms with Crippen molar-refractivity contribution in [2.45, 2.75) is 37.4 Å². The fourth-order valence-electron chi connectivity index (χ4n) is 1.91. The quantitative estimate of drug-likeness (QED) is 0.557. The maximum atomic E-state index is 11.9. The van der Waals surface area contributed by atoms with E-state index in [1.54, 1.807) is 6.92 Å². The van der Waals surface area contributed by atoms with Crippen LogP contribution in [0.15, 0.2) is 9.95 Å². The Morgan fingerprint density at radius 1 is 1.62 bits per heavy atom. The summed E-state index contributed by atoms with van der Waals surface area (Å²) in [6.45, 7) is 3.23. The highest BCUT2D eigenvalue weighted by Crippen LogP contribution is 2.39. The van der Waals surface area contributed by atoms with Crippen molar-refractivity contribution in [2.24, 2.45) is 5.92 Å². The van der Waals surface area contributed by atoms with Gasteiger partial charge < -0.3 is 11.2 Å². The van der Waals surface area contributed by atoms with Gasteiger partial charge in [0.1, 0.15) is 11.2 Å². The molecule has 8 nitrogen and oxygen atoms in total. The van der Waals surface area contributed by atoms with Crippen molar-refractivity contribution in [1.82, 2.24) is 20.2 Å². The van der Waals surface area contributed by atoms with E-state index in [0.29, 0.717) is 0 Å². The number of nitrogens with one attached hydrogen (secondary N) is 1. The number of carbonyl (C=O) groups excluding carboxylic acids is 1. The van der Waals surface area contributed by atoms with Crippen molar-refractivity contribution in [1.29, 1.82) is 5.26 Å². The van der Waals surface area contributed by atoms with E-state index in [-0.39, 0.29) is 28.4 Å². The SMILES string of the molecule is Cc1nnc(SCC(=O)N[C@@](C)(C#N)C2CC2)n(N)c1=O. The van der Waals surface area contributed by atoms with E-state index >= 15 is 0 Å². The van der Waals surface area contributed by atoms with Gasteiger partial charge in [-0.1, -0.05) is 11.8 Å². The molecule has 9 heteroatoms. The molecule has 2 rings (SSSR count). The minimum atomic E-state index is -0.834. The maximum Gasteiger partial charge on any atom is 0.294 e. The Balaban J connectivity index is 1.97. The third-order valence-corrected chi connectivity index (χ3v) is 4.32. The summed E-state index contributed by atoms with van der Waals surface area (Å²) in [5.41, 5.74) is -1.09. The summed E-state index contributed by atoms with van der Waals surface area (Å²) >= 11 is 1.00. The van der Waals surface area contributed by atoms with E-state index in [1.807, 2.05) is 0 Å². The summed E-state index contributed by atoms with van der Waals surface area (Å²) in [5, 5.41) is 19.5. The zero-order valence-electron chi connectivity index (χ0n) is 11.8. The molecule has 3 N–H and O–H groups in total. The summed E-state index contributed by atoms with van der Waals surface area (Å²) < 4.78 is 0.866. The number of nitrogens with zero attached hydrogens (tertiary/aromatic N) is 4. The highest BCUT2D eigenvalue weighted by atomic mass is 32.2. The molecule has 0 radical (unpaired) electrons. The Morgan fingerprint density at radius 3 is 2.86 bits per heavy atom. The Morgan fingerprint density at radius 2 is 2.29 bits per heavy atom. The van der Waals surface area contributed by atoms with E-state index in [1.165, 1.54) is 6.92 Å². The fourth-order valence-corrected chi connectivity index (χ4v) is 2.56. The molecule has 0 aromatic carbocycles. The monoisotopic (exact) mass is 308 g/mol. The van der Waals surface area contributed by atoms with Crippen LogP contribution in [0.1, 0.15) is 25.5 Å². The maximum absolute atomic E-state index is 11.9. The zero-order chi connectivity index (χ0) is 15.6. The van der Waals surface area contributed by atoms with E-state index in [2.05, 4.69) is 21.6 Å². The van der Waals surface area contributed by atoms with Crippen LogP contribution in [0.3, 0.4) is 0 Å². The van der Waals surface area contributed by atoms with Crippen molar-refractivity contribution in [3.05, 3.63) is 16.0 Å². The molecule has 1 aromatic rings. The van der Waals surface area contributed by atoms with Gasteiger partial charge in [0.25, 0.3) is 5.56 Å². The van der Waals surface area contributed by atoms with Crippen LogP contribution in [-0.4, -0.2) is 32.1 Å². The lowest BCUT2D eigenvalue weighted by Crippen LogP contribution is -2.47. The van der Waals surface area contributed by atoms with Crippen LogP contribution in [0.5, 0.6) is 0 Å². The van der Waals surface area contributed by atoms with Gasteiger partial charge in [-0.25, -0.2) is 0 Å². The minimum absolute atomic E-state index is 0.0123. The molecule has 1 heterocycles. The van der Waals surface area contributed by atoms with Crippen LogP contribution in [0.25, 0.3) is 0 Å². The van der Waals surface area contributed by atoms with Crippen molar-refractivity contribution in [3.8, 4) is 6.07 Å². The molecule has 1 aromatic heterocycles. The number of carbonyl (C=O) groups is 1. The van der Waals surface area contributed by atoms with Gasteiger partial charge in [0.2, 0.25) is 11.1 Å². The number of nitrogen functional groups attached to an aromatic ring is 1. The number of hydrogen-bond donors (Lipinski definition) is 2. The lowest BCUT2D eigenvalue weighted by atomic mass is 9.98. The normalized spacial score (nSPS) is 16.8. The number of nitrogens with two attached hydrogens (primary N) is 1. The van der Waals surface area contributed by atoms with Gasteiger partial charge in [-0.3, -0.25) is 9.59 Å². The van der Waals surface area contributed by atoms with Gasteiger partial charge in [-0.15, -0.1) is 10.2 Å².